The van der Waals surface area contributed by atoms with Crippen LogP contribution in [0, 0.1) is 34.5 Å². The van der Waals surface area contributed by atoms with E-state index >= 15 is 0 Å². The number of rotatable bonds is 6. The molecule has 5 aliphatic carbocycles. The molecule has 7 bridgehead atoms. The summed E-state index contributed by atoms with van der Waals surface area (Å²) in [6.45, 7) is 1.34. The first-order chi connectivity index (χ1) is 15.4. The van der Waals surface area contributed by atoms with Gasteiger partial charge in [-0.25, -0.2) is 0 Å². The second-order valence-corrected chi connectivity index (χ2v) is 11.5. The van der Waals surface area contributed by atoms with E-state index in [1.807, 2.05) is 0 Å². The van der Waals surface area contributed by atoms with Crippen molar-refractivity contribution in [3.8, 4) is 0 Å². The fourth-order valence-corrected chi connectivity index (χ4v) is 10.6. The van der Waals surface area contributed by atoms with Crippen LogP contribution in [0.3, 0.4) is 0 Å². The van der Waals surface area contributed by atoms with E-state index in [-0.39, 0.29) is 58.9 Å². The summed E-state index contributed by atoms with van der Waals surface area (Å²) in [6.07, 6.45) is 2.24. The van der Waals surface area contributed by atoms with Gasteiger partial charge in [0, 0.05) is 77.1 Å². The molecule has 182 valence electrons. The number of nitrogens with one attached hydrogen (secondary N) is 1. The van der Waals surface area contributed by atoms with Gasteiger partial charge in [-0.3, -0.25) is 0 Å². The van der Waals surface area contributed by atoms with Crippen molar-refractivity contribution in [2.75, 3.05) is 48.7 Å². The number of aliphatic hydroxyl groups is 2. The highest BCUT2D eigenvalue weighted by molar-refractivity contribution is 5.41. The van der Waals surface area contributed by atoms with Crippen LogP contribution in [0.4, 0.5) is 0 Å². The molecule has 1 saturated heterocycles. The van der Waals surface area contributed by atoms with Crippen LogP contribution in [0.2, 0.25) is 0 Å². The van der Waals surface area contributed by atoms with Crippen molar-refractivity contribution < 1.29 is 33.9 Å². The summed E-state index contributed by atoms with van der Waals surface area (Å²) in [7, 11) is 8.67. The van der Waals surface area contributed by atoms with Crippen LogP contribution < -0.4 is 5.32 Å². The number of piperidine rings is 1. The third-order valence-corrected chi connectivity index (χ3v) is 11.2. The van der Waals surface area contributed by atoms with Crippen LogP contribution in [-0.2, 0) is 23.7 Å². The van der Waals surface area contributed by atoms with E-state index in [4.69, 9.17) is 23.7 Å². The Balaban J connectivity index is 1.64. The van der Waals surface area contributed by atoms with Gasteiger partial charge in [-0.15, -0.1) is 0 Å². The van der Waals surface area contributed by atoms with Crippen LogP contribution >= 0.6 is 0 Å². The highest BCUT2D eigenvalue weighted by Gasteiger charge is 2.90. The minimum atomic E-state index is -1.48. The summed E-state index contributed by atoms with van der Waals surface area (Å²) >= 11 is 0. The minimum Gasteiger partial charge on any atom is -0.386 e. The number of methoxy groups -OCH3 is 5. The molecule has 1 spiro atoms. The van der Waals surface area contributed by atoms with Crippen LogP contribution in [0.15, 0.2) is 0 Å². The van der Waals surface area contributed by atoms with E-state index in [9.17, 15) is 10.2 Å². The van der Waals surface area contributed by atoms with E-state index in [1.54, 1.807) is 35.5 Å². The Labute approximate surface area is 190 Å². The van der Waals surface area contributed by atoms with Crippen molar-refractivity contribution in [2.24, 2.45) is 34.5 Å². The Kier molecular flexibility index (Phi) is 4.76. The molecule has 0 radical (unpaired) electrons. The topological polar surface area (TPSA) is 98.6 Å². The molecule has 0 aromatic rings. The van der Waals surface area contributed by atoms with Gasteiger partial charge in [0.1, 0.15) is 11.2 Å². The van der Waals surface area contributed by atoms with Gasteiger partial charge in [-0.05, 0) is 25.2 Å². The Morgan fingerprint density at radius 3 is 2.41 bits per heavy atom. The molecule has 3 N–H and O–H groups in total. The average molecular weight is 454 g/mol. The van der Waals surface area contributed by atoms with Crippen LogP contribution in [0.1, 0.15) is 25.7 Å². The first kappa shape index (κ1) is 22.2. The molecular weight excluding hydrogens is 414 g/mol. The largest absolute Gasteiger partial charge is 0.386 e. The zero-order valence-corrected chi connectivity index (χ0v) is 19.9. The lowest BCUT2D eigenvalue weighted by atomic mass is 9.43. The van der Waals surface area contributed by atoms with Crippen molar-refractivity contribution in [1.29, 1.82) is 0 Å². The number of fused-ring (bicyclic) bond motifs is 2. The lowest BCUT2D eigenvalue weighted by Crippen LogP contribution is -2.81. The Hall–Kier alpha value is -0.320. The molecular formula is C24H39NO7. The van der Waals surface area contributed by atoms with Gasteiger partial charge in [0.25, 0.3) is 0 Å². The molecule has 0 aromatic carbocycles. The fraction of sp³-hybridized carbons (Fsp3) is 1.00. The zero-order chi connectivity index (χ0) is 22.7. The minimum absolute atomic E-state index is 0.0202. The van der Waals surface area contributed by atoms with Gasteiger partial charge >= 0.3 is 0 Å². The Morgan fingerprint density at radius 2 is 1.78 bits per heavy atom. The predicted molar refractivity (Wildman–Crippen MR) is 114 cm³/mol. The van der Waals surface area contributed by atoms with Crippen LogP contribution in [-0.4, -0.2) is 101 Å². The average Bonchev–Trinajstić information content (AvgIpc) is 3.18. The molecule has 1 aliphatic heterocycles. The van der Waals surface area contributed by atoms with Crippen molar-refractivity contribution in [1.82, 2.24) is 5.32 Å². The lowest BCUT2D eigenvalue weighted by Gasteiger charge is -2.67. The molecule has 8 nitrogen and oxygen atoms in total. The summed E-state index contributed by atoms with van der Waals surface area (Å²) in [4.78, 5) is 0. The molecule has 1 heterocycles. The monoisotopic (exact) mass is 453 g/mol. The van der Waals surface area contributed by atoms with Gasteiger partial charge in [0.05, 0.1) is 37.1 Å². The molecule has 0 aromatic heterocycles. The second kappa shape index (κ2) is 6.88. The van der Waals surface area contributed by atoms with E-state index in [0.717, 1.165) is 25.8 Å². The summed E-state index contributed by atoms with van der Waals surface area (Å²) in [5, 5.41) is 29.1. The normalized spacial score (nSPS) is 61.8. The quantitative estimate of drug-likeness (QED) is 0.525. The van der Waals surface area contributed by atoms with E-state index in [1.165, 1.54) is 0 Å². The first-order valence-electron chi connectivity index (χ1n) is 12.1. The van der Waals surface area contributed by atoms with E-state index in [2.05, 4.69) is 5.32 Å². The Bertz CT molecular complexity index is 783. The number of hydrogen-bond donors (Lipinski definition) is 3. The van der Waals surface area contributed by atoms with Crippen molar-refractivity contribution in [2.45, 2.75) is 67.3 Å². The van der Waals surface area contributed by atoms with E-state index < -0.39 is 17.3 Å². The SMILES string of the molecule is COC[C@@]12CC[C@H](OC)[C@@]34[C@@H]5C[C@H]6[C@H](OC)[C@@H]5[C@](O)(C[C@@H]6OC)[C@](O)([C@@H](OC)[C@H]13)[C@H]4NC2. The summed E-state index contributed by atoms with van der Waals surface area (Å²) in [5.41, 5.74) is -3.41. The van der Waals surface area contributed by atoms with Gasteiger partial charge in [-0.2, -0.15) is 0 Å². The number of ether oxygens (including phenoxy) is 5. The molecule has 13 atom stereocenters. The molecule has 0 amide bonds. The Morgan fingerprint density at radius 1 is 1.00 bits per heavy atom. The van der Waals surface area contributed by atoms with Crippen molar-refractivity contribution in [3.05, 3.63) is 0 Å². The molecule has 8 heteroatoms. The maximum Gasteiger partial charge on any atom is 0.136 e. The molecule has 6 aliphatic rings. The van der Waals surface area contributed by atoms with Crippen molar-refractivity contribution >= 4 is 0 Å². The van der Waals surface area contributed by atoms with Crippen molar-refractivity contribution in [3.63, 3.8) is 0 Å². The molecule has 32 heavy (non-hydrogen) atoms. The second-order valence-electron chi connectivity index (χ2n) is 11.5. The first-order valence-corrected chi connectivity index (χ1v) is 12.1. The predicted octanol–water partition coefficient (Wildman–Crippen LogP) is 0.193. The highest BCUT2D eigenvalue weighted by atomic mass is 16.5. The maximum absolute atomic E-state index is 12.8. The summed E-state index contributed by atoms with van der Waals surface area (Å²) < 4.78 is 30.2. The number of hydrogen-bond acceptors (Lipinski definition) is 8. The molecule has 6 rings (SSSR count). The summed E-state index contributed by atoms with van der Waals surface area (Å²) in [5.74, 6) is 0.151. The van der Waals surface area contributed by atoms with Gasteiger partial charge in [-0.1, -0.05) is 0 Å². The highest BCUT2D eigenvalue weighted by Crippen LogP contribution is 2.79. The standard InChI is InChI=1S/C24H39NO7/c1-28-11-21-7-6-15(30-3)23-13-8-12-14(29-2)9-22(26,16(13)17(12)31-4)24(27,20(23)25-10-21)19(32-5)18(21)23/h12-20,25-27H,6-11H2,1-5H3/t12-,13-,14+,15+,16-,17+,18-,19+,20+,21+,22-,23+,24+/m1/s1. The lowest BCUT2D eigenvalue weighted by molar-refractivity contribution is -0.301. The smallest absolute Gasteiger partial charge is 0.136 e. The van der Waals surface area contributed by atoms with Crippen LogP contribution in [0.5, 0.6) is 0 Å². The molecule has 6 fully saturated rings. The fourth-order valence-electron chi connectivity index (χ4n) is 10.6. The third kappa shape index (κ3) is 2.03. The van der Waals surface area contributed by atoms with Gasteiger partial charge in [0.2, 0.25) is 0 Å². The maximum atomic E-state index is 12.8. The van der Waals surface area contributed by atoms with Gasteiger partial charge < -0.3 is 39.2 Å². The van der Waals surface area contributed by atoms with Gasteiger partial charge in [0.15, 0.2) is 0 Å². The van der Waals surface area contributed by atoms with Crippen LogP contribution in [0.25, 0.3) is 0 Å². The zero-order valence-electron chi connectivity index (χ0n) is 19.9. The molecule has 0 unspecified atom stereocenters. The third-order valence-electron chi connectivity index (χ3n) is 11.2. The van der Waals surface area contributed by atoms with E-state index in [0.29, 0.717) is 13.0 Å². The summed E-state index contributed by atoms with van der Waals surface area (Å²) in [6, 6.07) is -0.321. The molecule has 5 saturated carbocycles.